The first-order chi connectivity index (χ1) is 15.2. The molecular formula is C27H42N2O2. The van der Waals surface area contributed by atoms with Crippen LogP contribution in [0.25, 0.3) is 11.3 Å². The fourth-order valence-electron chi connectivity index (χ4n) is 3.39. The summed E-state index contributed by atoms with van der Waals surface area (Å²) in [5, 5.41) is 0. The molecule has 1 aromatic heterocycles. The van der Waals surface area contributed by atoms with Crippen LogP contribution in [0.4, 0.5) is 0 Å². The van der Waals surface area contributed by atoms with E-state index in [1.54, 1.807) is 12.4 Å². The highest BCUT2D eigenvalue weighted by Gasteiger charge is 2.05. The molecule has 1 unspecified atom stereocenters. The van der Waals surface area contributed by atoms with Crippen LogP contribution in [-0.2, 0) is 0 Å². The summed E-state index contributed by atoms with van der Waals surface area (Å²) < 4.78 is 11.6. The maximum atomic E-state index is 5.90. The van der Waals surface area contributed by atoms with Crippen LogP contribution in [0.2, 0.25) is 0 Å². The van der Waals surface area contributed by atoms with Crippen molar-refractivity contribution in [3.05, 3.63) is 36.7 Å². The lowest BCUT2D eigenvalue weighted by molar-refractivity contribution is 0.247. The molecule has 0 aliphatic rings. The van der Waals surface area contributed by atoms with Crippen molar-refractivity contribution in [3.63, 3.8) is 0 Å². The Hall–Kier alpha value is -2.10. The molecule has 1 aromatic carbocycles. The third-order valence-corrected chi connectivity index (χ3v) is 5.76. The van der Waals surface area contributed by atoms with E-state index in [9.17, 15) is 0 Å². The fraction of sp³-hybridized carbons (Fsp3) is 0.630. The van der Waals surface area contributed by atoms with E-state index >= 15 is 0 Å². The average molecular weight is 427 g/mol. The summed E-state index contributed by atoms with van der Waals surface area (Å²) in [6, 6.07) is 8.11. The number of rotatable bonds is 17. The molecule has 0 saturated heterocycles. The van der Waals surface area contributed by atoms with Gasteiger partial charge in [0.25, 0.3) is 0 Å². The molecule has 2 rings (SSSR count). The average Bonchev–Trinajstić information content (AvgIpc) is 2.81. The summed E-state index contributed by atoms with van der Waals surface area (Å²) in [6.45, 7) is 8.07. The Morgan fingerprint density at radius 2 is 1.39 bits per heavy atom. The highest BCUT2D eigenvalue weighted by Crippen LogP contribution is 2.21. The zero-order chi connectivity index (χ0) is 22.2. The first kappa shape index (κ1) is 25.2. The van der Waals surface area contributed by atoms with Crippen LogP contribution in [0.3, 0.4) is 0 Å². The fourth-order valence-corrected chi connectivity index (χ4v) is 3.39. The molecule has 0 saturated carbocycles. The maximum absolute atomic E-state index is 5.90. The Balaban J connectivity index is 1.60. The summed E-state index contributed by atoms with van der Waals surface area (Å²) in [7, 11) is 0. The maximum Gasteiger partial charge on any atom is 0.232 e. The zero-order valence-electron chi connectivity index (χ0n) is 19.9. The van der Waals surface area contributed by atoms with Crippen LogP contribution in [-0.4, -0.2) is 23.2 Å². The van der Waals surface area contributed by atoms with Gasteiger partial charge in [0.15, 0.2) is 0 Å². The van der Waals surface area contributed by atoms with Crippen molar-refractivity contribution in [3.8, 4) is 22.9 Å². The lowest BCUT2D eigenvalue weighted by atomic mass is 10.1. The minimum Gasteiger partial charge on any atom is -0.494 e. The normalized spacial score (nSPS) is 12.0. The summed E-state index contributed by atoms with van der Waals surface area (Å²) >= 11 is 0. The zero-order valence-corrected chi connectivity index (χ0v) is 19.9. The van der Waals surface area contributed by atoms with Gasteiger partial charge in [-0.15, -0.1) is 0 Å². The van der Waals surface area contributed by atoms with Crippen LogP contribution < -0.4 is 9.47 Å². The van der Waals surface area contributed by atoms with E-state index in [1.165, 1.54) is 57.8 Å². The molecule has 1 atom stereocenters. The molecule has 1 heterocycles. The molecule has 0 fully saturated rings. The topological polar surface area (TPSA) is 44.2 Å². The molecule has 0 spiro atoms. The van der Waals surface area contributed by atoms with E-state index in [0.29, 0.717) is 18.4 Å². The Kier molecular flexibility index (Phi) is 12.7. The Morgan fingerprint density at radius 1 is 0.742 bits per heavy atom. The molecule has 4 heteroatoms. The minimum atomic E-state index is 0.523. The molecule has 0 aliphatic carbocycles. The predicted molar refractivity (Wildman–Crippen MR) is 130 cm³/mol. The number of benzene rings is 1. The van der Waals surface area contributed by atoms with Crippen molar-refractivity contribution < 1.29 is 9.47 Å². The number of unbranched alkanes of at least 4 members (excludes halogenated alkanes) is 9. The Bertz CT molecular complexity index is 685. The van der Waals surface area contributed by atoms with Crippen molar-refractivity contribution in [1.82, 2.24) is 9.97 Å². The highest BCUT2D eigenvalue weighted by atomic mass is 16.5. The van der Waals surface area contributed by atoms with Crippen molar-refractivity contribution in [2.24, 2.45) is 5.92 Å². The number of hydrogen-bond acceptors (Lipinski definition) is 4. The second kappa shape index (κ2) is 15.7. The summed E-state index contributed by atoms with van der Waals surface area (Å²) in [4.78, 5) is 8.86. The lowest BCUT2D eigenvalue weighted by Crippen LogP contribution is -2.08. The molecule has 172 valence electrons. The standard InChI is InChI=1S/C27H42N2O2/c1-4-6-7-8-9-10-11-12-13-14-19-30-25-17-15-24(16-18-25)26-20-29-27(21-28-26)31-22-23(3)5-2/h15-18,20-21,23H,4-14,19,22H2,1-3H3. The first-order valence-corrected chi connectivity index (χ1v) is 12.4. The smallest absolute Gasteiger partial charge is 0.232 e. The van der Waals surface area contributed by atoms with E-state index in [0.717, 1.165) is 36.5 Å². The van der Waals surface area contributed by atoms with E-state index in [1.807, 2.05) is 24.3 Å². The molecule has 4 nitrogen and oxygen atoms in total. The van der Waals surface area contributed by atoms with Gasteiger partial charge in [0, 0.05) is 5.56 Å². The predicted octanol–water partition coefficient (Wildman–Crippen LogP) is 7.87. The van der Waals surface area contributed by atoms with E-state index in [2.05, 4.69) is 30.7 Å². The van der Waals surface area contributed by atoms with Gasteiger partial charge in [-0.05, 0) is 36.6 Å². The molecular weight excluding hydrogens is 384 g/mol. The monoisotopic (exact) mass is 426 g/mol. The van der Waals surface area contributed by atoms with Crippen molar-refractivity contribution in [1.29, 1.82) is 0 Å². The molecule has 0 amide bonds. The van der Waals surface area contributed by atoms with Gasteiger partial charge in [-0.2, -0.15) is 0 Å². The Morgan fingerprint density at radius 3 is 1.97 bits per heavy atom. The molecule has 31 heavy (non-hydrogen) atoms. The molecule has 2 aromatic rings. The molecule has 0 radical (unpaired) electrons. The van der Waals surface area contributed by atoms with Crippen molar-refractivity contribution in [2.45, 2.75) is 91.4 Å². The van der Waals surface area contributed by atoms with E-state index in [4.69, 9.17) is 9.47 Å². The van der Waals surface area contributed by atoms with Gasteiger partial charge < -0.3 is 9.47 Å². The van der Waals surface area contributed by atoms with Gasteiger partial charge in [-0.3, -0.25) is 0 Å². The highest BCUT2D eigenvalue weighted by molar-refractivity contribution is 5.59. The minimum absolute atomic E-state index is 0.523. The third kappa shape index (κ3) is 10.7. The third-order valence-electron chi connectivity index (χ3n) is 5.76. The van der Waals surface area contributed by atoms with Crippen LogP contribution in [0.5, 0.6) is 11.6 Å². The quantitative estimate of drug-likeness (QED) is 0.241. The first-order valence-electron chi connectivity index (χ1n) is 12.4. The van der Waals surface area contributed by atoms with Crippen LogP contribution >= 0.6 is 0 Å². The SMILES string of the molecule is CCCCCCCCCCCCOc1ccc(-c2cnc(OCC(C)CC)cn2)cc1. The molecule has 0 aliphatic heterocycles. The second-order valence-electron chi connectivity index (χ2n) is 8.62. The van der Waals surface area contributed by atoms with Gasteiger partial charge in [0.05, 0.1) is 31.3 Å². The Labute approximate surface area is 189 Å². The molecule has 0 N–H and O–H groups in total. The van der Waals surface area contributed by atoms with E-state index in [-0.39, 0.29) is 0 Å². The number of hydrogen-bond donors (Lipinski definition) is 0. The lowest BCUT2D eigenvalue weighted by Gasteiger charge is -2.10. The largest absolute Gasteiger partial charge is 0.494 e. The van der Waals surface area contributed by atoms with E-state index < -0.39 is 0 Å². The van der Waals surface area contributed by atoms with Gasteiger partial charge in [-0.1, -0.05) is 85.0 Å². The van der Waals surface area contributed by atoms with Crippen LogP contribution in [0.1, 0.15) is 91.4 Å². The van der Waals surface area contributed by atoms with Crippen LogP contribution in [0, 0.1) is 5.92 Å². The van der Waals surface area contributed by atoms with Gasteiger partial charge in [0.1, 0.15) is 5.75 Å². The second-order valence-corrected chi connectivity index (χ2v) is 8.62. The van der Waals surface area contributed by atoms with Gasteiger partial charge >= 0.3 is 0 Å². The van der Waals surface area contributed by atoms with Crippen molar-refractivity contribution in [2.75, 3.05) is 13.2 Å². The number of ether oxygens (including phenoxy) is 2. The van der Waals surface area contributed by atoms with Crippen LogP contribution in [0.15, 0.2) is 36.7 Å². The summed E-state index contributed by atoms with van der Waals surface area (Å²) in [5.74, 6) is 2.02. The summed E-state index contributed by atoms with van der Waals surface area (Å²) in [5.41, 5.74) is 1.88. The van der Waals surface area contributed by atoms with Gasteiger partial charge in [0.2, 0.25) is 5.88 Å². The number of nitrogens with zero attached hydrogens (tertiary/aromatic N) is 2. The number of aromatic nitrogens is 2. The summed E-state index contributed by atoms with van der Waals surface area (Å²) in [6.07, 6.45) is 18.0. The molecule has 0 bridgehead atoms. The van der Waals surface area contributed by atoms with Crippen molar-refractivity contribution >= 4 is 0 Å². The van der Waals surface area contributed by atoms with Gasteiger partial charge in [-0.25, -0.2) is 9.97 Å².